The molecule has 2 aromatic carbocycles. The number of anilines is 1. The first-order valence-electron chi connectivity index (χ1n) is 18.0. The predicted octanol–water partition coefficient (Wildman–Crippen LogP) is 6.83. The summed E-state index contributed by atoms with van der Waals surface area (Å²) in [6.07, 6.45) is 6.85. The summed E-state index contributed by atoms with van der Waals surface area (Å²) < 4.78 is 23.0. The number of nitrogens with one attached hydrogen (secondary N) is 1. The fourth-order valence-electron chi connectivity index (χ4n) is 9.02. The maximum absolute atomic E-state index is 13.8. The van der Waals surface area contributed by atoms with Crippen LogP contribution in [0.4, 0.5) is 20.1 Å². The second kappa shape index (κ2) is 13.9. The average molecular weight is 674 g/mol. The highest BCUT2D eigenvalue weighted by Crippen LogP contribution is 2.59. The third-order valence-electron chi connectivity index (χ3n) is 11.7. The van der Waals surface area contributed by atoms with Crippen LogP contribution in [0.1, 0.15) is 94.6 Å². The molecule has 7 rings (SSSR count). The highest BCUT2D eigenvalue weighted by Gasteiger charge is 2.76. The lowest BCUT2D eigenvalue weighted by atomic mass is 9.54. The van der Waals surface area contributed by atoms with Crippen LogP contribution in [0, 0.1) is 5.41 Å². The maximum Gasteiger partial charge on any atom is 0.508 e. The van der Waals surface area contributed by atoms with Gasteiger partial charge in [-0.1, -0.05) is 55.3 Å². The largest absolute Gasteiger partial charge is 0.508 e. The minimum atomic E-state index is -1.21. The zero-order valence-electron chi connectivity index (χ0n) is 28.3. The van der Waals surface area contributed by atoms with Gasteiger partial charge in [-0.2, -0.15) is 0 Å². The molecule has 11 heteroatoms. The molecule has 0 aromatic heterocycles. The summed E-state index contributed by atoms with van der Waals surface area (Å²) >= 11 is 0. The standard InChI is InChI=1S/C38H47N3O8/c1-26(47-36(45)48-31-12-6-3-7-13-31)38(37-21-9-8-14-32(37)49-33(37)42)25-39-34(43)41(38)30-17-15-28(16-18-30)29-19-22-40(23-20-29)35(44)46-24-27-10-4-2-5-11-27/h2,4-5,10-11,15-18,26,29,31-32H,3,6-9,12-14,19-25H2,1H3,(H,39,43). The molecule has 1 N–H and O–H groups in total. The molecule has 0 bridgehead atoms. The average Bonchev–Trinajstić information content (AvgIpc) is 3.48. The predicted molar refractivity (Wildman–Crippen MR) is 180 cm³/mol. The van der Waals surface area contributed by atoms with E-state index in [1.165, 1.54) is 0 Å². The Morgan fingerprint density at radius 2 is 1.63 bits per heavy atom. The van der Waals surface area contributed by atoms with Gasteiger partial charge in [-0.15, -0.1) is 0 Å². The van der Waals surface area contributed by atoms with Gasteiger partial charge in [0.1, 0.15) is 35.9 Å². The Hall–Kier alpha value is -4.28. The Morgan fingerprint density at radius 1 is 0.918 bits per heavy atom. The maximum atomic E-state index is 13.8. The molecule has 2 aliphatic carbocycles. The fourth-order valence-corrected chi connectivity index (χ4v) is 9.02. The quantitative estimate of drug-likeness (QED) is 0.239. The lowest BCUT2D eigenvalue weighted by molar-refractivity contribution is -0.235. The highest BCUT2D eigenvalue weighted by molar-refractivity contribution is 6.00. The normalized spacial score (nSPS) is 28.1. The van der Waals surface area contributed by atoms with Gasteiger partial charge >= 0.3 is 24.2 Å². The molecule has 4 atom stereocenters. The molecule has 3 heterocycles. The summed E-state index contributed by atoms with van der Waals surface area (Å²) in [7, 11) is 0. The number of likely N-dealkylation sites (tertiary alicyclic amines) is 1. The van der Waals surface area contributed by atoms with E-state index in [9.17, 15) is 19.2 Å². The Balaban J connectivity index is 1.08. The second-order valence-corrected chi connectivity index (χ2v) is 14.3. The molecule has 3 amide bonds. The number of hydrogen-bond acceptors (Lipinski definition) is 8. The van der Waals surface area contributed by atoms with Crippen molar-refractivity contribution in [1.82, 2.24) is 10.2 Å². The number of carbonyl (C=O) groups excluding carboxylic acids is 4. The van der Waals surface area contributed by atoms with Crippen LogP contribution in [-0.2, 0) is 30.3 Å². The molecule has 0 spiro atoms. The van der Waals surface area contributed by atoms with Gasteiger partial charge in [-0.25, -0.2) is 14.4 Å². The number of piperidine rings is 1. The number of carbonyl (C=O) groups is 4. The van der Waals surface area contributed by atoms with Crippen LogP contribution in [0.25, 0.3) is 0 Å². The smallest absolute Gasteiger partial charge is 0.460 e. The van der Waals surface area contributed by atoms with E-state index in [2.05, 4.69) is 5.32 Å². The SMILES string of the molecule is CC(OC(=O)OC1CCCCC1)C1(C23CCCCC2OC3=O)CNC(=O)N1c1ccc(C2CCN(C(=O)OCc3ccccc3)CC2)cc1. The molecular formula is C38H47N3O8. The van der Waals surface area contributed by atoms with E-state index in [1.54, 1.807) is 16.7 Å². The van der Waals surface area contributed by atoms with Crippen LogP contribution in [0.2, 0.25) is 0 Å². The zero-order chi connectivity index (χ0) is 34.0. The first-order valence-corrected chi connectivity index (χ1v) is 18.0. The molecule has 5 aliphatic rings. The van der Waals surface area contributed by atoms with Gasteiger partial charge < -0.3 is 29.2 Å². The van der Waals surface area contributed by atoms with Gasteiger partial charge in [0.15, 0.2) is 0 Å². The molecule has 4 unspecified atom stereocenters. The molecule has 0 radical (unpaired) electrons. The highest BCUT2D eigenvalue weighted by atomic mass is 16.7. The van der Waals surface area contributed by atoms with Crippen LogP contribution in [-0.4, -0.2) is 72.6 Å². The summed E-state index contributed by atoms with van der Waals surface area (Å²) in [6, 6.07) is 17.2. The fraction of sp³-hybridized carbons (Fsp3) is 0.579. The van der Waals surface area contributed by atoms with Crippen LogP contribution in [0.15, 0.2) is 54.6 Å². The molecule has 2 aromatic rings. The molecule has 3 aliphatic heterocycles. The van der Waals surface area contributed by atoms with Crippen molar-refractivity contribution in [3.05, 3.63) is 65.7 Å². The van der Waals surface area contributed by atoms with Crippen LogP contribution < -0.4 is 10.2 Å². The number of rotatable bonds is 8. The van der Waals surface area contributed by atoms with Crippen molar-refractivity contribution in [2.24, 2.45) is 5.41 Å². The number of hydrogen-bond donors (Lipinski definition) is 1. The van der Waals surface area contributed by atoms with E-state index < -0.39 is 23.2 Å². The van der Waals surface area contributed by atoms with Gasteiger partial charge in [-0.05, 0) is 93.9 Å². The third-order valence-corrected chi connectivity index (χ3v) is 11.7. The van der Waals surface area contributed by atoms with Crippen molar-refractivity contribution in [3.8, 4) is 0 Å². The number of fused-ring (bicyclic) bond motifs is 1. The summed E-state index contributed by atoms with van der Waals surface area (Å²) in [4.78, 5) is 56.7. The first kappa shape index (κ1) is 33.2. The van der Waals surface area contributed by atoms with E-state index in [-0.39, 0.29) is 49.4 Å². The lowest BCUT2D eigenvalue weighted by Crippen LogP contribution is -2.78. The number of esters is 1. The molecule has 5 fully saturated rings. The number of nitrogens with zero attached hydrogens (tertiary/aromatic N) is 2. The number of amides is 3. The number of ether oxygens (including phenoxy) is 4. The summed E-state index contributed by atoms with van der Waals surface area (Å²) in [6.45, 7) is 3.34. The zero-order valence-corrected chi connectivity index (χ0v) is 28.3. The number of urea groups is 1. The minimum absolute atomic E-state index is 0.135. The monoisotopic (exact) mass is 673 g/mol. The molecule has 3 saturated heterocycles. The second-order valence-electron chi connectivity index (χ2n) is 14.3. The van der Waals surface area contributed by atoms with Crippen LogP contribution >= 0.6 is 0 Å². The van der Waals surface area contributed by atoms with Gasteiger partial charge in [0.2, 0.25) is 0 Å². The topological polar surface area (TPSA) is 124 Å². The first-order chi connectivity index (χ1) is 23.8. The van der Waals surface area contributed by atoms with Crippen LogP contribution in [0.3, 0.4) is 0 Å². The van der Waals surface area contributed by atoms with Crippen molar-refractivity contribution in [1.29, 1.82) is 0 Å². The summed E-state index contributed by atoms with van der Waals surface area (Å²) in [5.74, 6) is -0.107. The van der Waals surface area contributed by atoms with Crippen molar-refractivity contribution >= 4 is 29.9 Å². The van der Waals surface area contributed by atoms with Gasteiger partial charge in [-0.3, -0.25) is 9.69 Å². The molecule has 2 saturated carbocycles. The molecular weight excluding hydrogens is 626 g/mol. The molecule has 49 heavy (non-hydrogen) atoms. The van der Waals surface area contributed by atoms with E-state index in [0.29, 0.717) is 31.6 Å². The molecule has 262 valence electrons. The van der Waals surface area contributed by atoms with Crippen molar-refractivity contribution in [3.63, 3.8) is 0 Å². The van der Waals surface area contributed by atoms with Crippen LogP contribution in [0.5, 0.6) is 0 Å². The van der Waals surface area contributed by atoms with E-state index in [0.717, 1.165) is 68.9 Å². The molecule has 11 nitrogen and oxygen atoms in total. The Labute approximate surface area is 287 Å². The van der Waals surface area contributed by atoms with Crippen molar-refractivity contribution in [2.45, 2.75) is 114 Å². The van der Waals surface area contributed by atoms with Gasteiger partial charge in [0, 0.05) is 25.3 Å². The van der Waals surface area contributed by atoms with Crippen molar-refractivity contribution < 1.29 is 38.1 Å². The van der Waals surface area contributed by atoms with E-state index in [1.807, 2.05) is 54.6 Å². The Morgan fingerprint density at radius 3 is 2.33 bits per heavy atom. The third kappa shape index (κ3) is 6.10. The van der Waals surface area contributed by atoms with E-state index in [4.69, 9.17) is 18.9 Å². The summed E-state index contributed by atoms with van der Waals surface area (Å²) in [5, 5.41) is 3.00. The minimum Gasteiger partial charge on any atom is -0.460 e. The van der Waals surface area contributed by atoms with E-state index >= 15 is 0 Å². The summed E-state index contributed by atoms with van der Waals surface area (Å²) in [5.41, 5.74) is 0.465. The van der Waals surface area contributed by atoms with Gasteiger partial charge in [0.05, 0.1) is 0 Å². The Kier molecular flexibility index (Phi) is 9.44. The van der Waals surface area contributed by atoms with Crippen molar-refractivity contribution in [2.75, 3.05) is 24.5 Å². The number of benzene rings is 2. The lowest BCUT2D eigenvalue weighted by Gasteiger charge is -2.61. The Bertz CT molecular complexity index is 1520. The van der Waals surface area contributed by atoms with Gasteiger partial charge in [0.25, 0.3) is 0 Å².